The van der Waals surface area contributed by atoms with Crippen molar-refractivity contribution in [2.75, 3.05) is 11.9 Å². The van der Waals surface area contributed by atoms with E-state index in [0.717, 1.165) is 11.3 Å². The maximum absolute atomic E-state index is 9.93. The normalized spacial score (nSPS) is 12.9. The van der Waals surface area contributed by atoms with Crippen LogP contribution in [0.1, 0.15) is 31.9 Å². The molecule has 0 bridgehead atoms. The van der Waals surface area contributed by atoms with Crippen molar-refractivity contribution in [1.29, 1.82) is 5.26 Å². The zero-order valence-electron chi connectivity index (χ0n) is 10.9. The van der Waals surface area contributed by atoms with Gasteiger partial charge in [0.05, 0.1) is 17.4 Å². The van der Waals surface area contributed by atoms with Crippen LogP contribution in [-0.4, -0.2) is 17.8 Å². The summed E-state index contributed by atoms with van der Waals surface area (Å²) in [5, 5.41) is 22.1. The van der Waals surface area contributed by atoms with E-state index < -0.39 is 6.10 Å². The van der Waals surface area contributed by atoms with Crippen LogP contribution in [0.2, 0.25) is 0 Å². The zero-order valence-corrected chi connectivity index (χ0v) is 10.9. The van der Waals surface area contributed by atoms with Gasteiger partial charge in [-0.05, 0) is 24.0 Å². The summed E-state index contributed by atoms with van der Waals surface area (Å²) in [7, 11) is 0. The summed E-state index contributed by atoms with van der Waals surface area (Å²) in [6.07, 6.45) is -0.449. The molecule has 0 heterocycles. The second-order valence-electron chi connectivity index (χ2n) is 5.37. The summed E-state index contributed by atoms with van der Waals surface area (Å²) in [5.74, 6) is 0. The van der Waals surface area contributed by atoms with Gasteiger partial charge in [-0.3, -0.25) is 0 Å². The first-order chi connectivity index (χ1) is 7.86. The molecule has 3 heteroatoms. The van der Waals surface area contributed by atoms with E-state index in [1.807, 2.05) is 45.9 Å². The van der Waals surface area contributed by atoms with E-state index >= 15 is 0 Å². The summed E-state index contributed by atoms with van der Waals surface area (Å²) in [6, 6.07) is 7.86. The minimum Gasteiger partial charge on any atom is -0.391 e. The number of aliphatic hydroxyl groups is 1. The molecule has 1 aromatic rings. The highest BCUT2D eigenvalue weighted by atomic mass is 16.3. The van der Waals surface area contributed by atoms with Crippen molar-refractivity contribution in [3.63, 3.8) is 0 Å². The Morgan fingerprint density at radius 3 is 2.59 bits per heavy atom. The lowest BCUT2D eigenvalue weighted by Crippen LogP contribution is -2.33. The van der Waals surface area contributed by atoms with Gasteiger partial charge in [0.1, 0.15) is 6.07 Å². The van der Waals surface area contributed by atoms with Crippen molar-refractivity contribution in [2.45, 2.75) is 33.8 Å². The first-order valence-electron chi connectivity index (χ1n) is 5.78. The number of benzene rings is 1. The molecule has 0 saturated heterocycles. The molecule has 0 spiro atoms. The van der Waals surface area contributed by atoms with Gasteiger partial charge in [0.15, 0.2) is 0 Å². The van der Waals surface area contributed by atoms with Crippen molar-refractivity contribution >= 4 is 5.69 Å². The maximum atomic E-state index is 9.93. The third kappa shape index (κ3) is 3.47. The van der Waals surface area contributed by atoms with Crippen LogP contribution < -0.4 is 5.32 Å². The lowest BCUT2D eigenvalue weighted by molar-refractivity contribution is 0.0746. The van der Waals surface area contributed by atoms with E-state index in [4.69, 9.17) is 5.26 Å². The van der Waals surface area contributed by atoms with E-state index in [1.54, 1.807) is 0 Å². The van der Waals surface area contributed by atoms with Gasteiger partial charge in [-0.2, -0.15) is 5.26 Å². The zero-order chi connectivity index (χ0) is 13.1. The van der Waals surface area contributed by atoms with Crippen molar-refractivity contribution in [2.24, 2.45) is 5.41 Å². The lowest BCUT2D eigenvalue weighted by atomic mass is 9.89. The average molecular weight is 232 g/mol. The van der Waals surface area contributed by atoms with Crippen LogP contribution in [0.15, 0.2) is 18.2 Å². The van der Waals surface area contributed by atoms with Crippen molar-refractivity contribution < 1.29 is 5.11 Å². The smallest absolute Gasteiger partial charge is 0.102 e. The molecule has 0 aliphatic carbocycles. The minimum absolute atomic E-state index is 0.163. The molecule has 0 aliphatic heterocycles. The van der Waals surface area contributed by atoms with Crippen molar-refractivity contribution in [1.82, 2.24) is 0 Å². The van der Waals surface area contributed by atoms with E-state index in [1.165, 1.54) is 0 Å². The highest BCUT2D eigenvalue weighted by Gasteiger charge is 2.21. The molecule has 1 atom stereocenters. The topological polar surface area (TPSA) is 56.0 Å². The van der Waals surface area contributed by atoms with Gasteiger partial charge in [-0.25, -0.2) is 0 Å². The Bertz CT molecular complexity index is 427. The summed E-state index contributed by atoms with van der Waals surface area (Å²) in [6.45, 7) is 8.31. The van der Waals surface area contributed by atoms with E-state index in [9.17, 15) is 5.11 Å². The molecule has 1 aromatic carbocycles. The number of nitrogens with one attached hydrogen (secondary N) is 1. The lowest BCUT2D eigenvalue weighted by Gasteiger charge is -2.26. The number of aryl methyl sites for hydroxylation is 1. The molecule has 0 amide bonds. The molecule has 1 rings (SSSR count). The summed E-state index contributed by atoms with van der Waals surface area (Å²) in [5.41, 5.74) is 2.22. The molecule has 0 saturated carbocycles. The van der Waals surface area contributed by atoms with Crippen LogP contribution in [-0.2, 0) is 0 Å². The van der Waals surface area contributed by atoms with Crippen LogP contribution in [0.3, 0.4) is 0 Å². The average Bonchev–Trinajstić information content (AvgIpc) is 2.24. The Kier molecular flexibility index (Phi) is 4.14. The fourth-order valence-corrected chi connectivity index (χ4v) is 1.48. The molecule has 0 aromatic heterocycles. The van der Waals surface area contributed by atoms with Crippen LogP contribution >= 0.6 is 0 Å². The Morgan fingerprint density at radius 1 is 1.41 bits per heavy atom. The number of nitriles is 1. The Balaban J connectivity index is 2.78. The molecular weight excluding hydrogens is 212 g/mol. The fraction of sp³-hybridized carbons (Fsp3) is 0.500. The fourth-order valence-electron chi connectivity index (χ4n) is 1.48. The van der Waals surface area contributed by atoms with Gasteiger partial charge in [0.2, 0.25) is 0 Å². The Hall–Kier alpha value is -1.53. The SMILES string of the molecule is Cc1cccc(NCC(O)C(C)(C)C)c1C#N. The van der Waals surface area contributed by atoms with Gasteiger partial charge in [0, 0.05) is 6.54 Å². The Labute approximate surface area is 103 Å². The number of anilines is 1. The van der Waals surface area contributed by atoms with Crippen LogP contribution in [0.25, 0.3) is 0 Å². The summed E-state index contributed by atoms with van der Waals surface area (Å²) < 4.78 is 0. The minimum atomic E-state index is -0.449. The molecule has 2 N–H and O–H groups in total. The van der Waals surface area contributed by atoms with Crippen molar-refractivity contribution in [3.05, 3.63) is 29.3 Å². The van der Waals surface area contributed by atoms with Gasteiger partial charge < -0.3 is 10.4 Å². The number of hydrogen-bond donors (Lipinski definition) is 2. The second kappa shape index (κ2) is 5.20. The van der Waals surface area contributed by atoms with Gasteiger partial charge in [-0.15, -0.1) is 0 Å². The summed E-state index contributed by atoms with van der Waals surface area (Å²) in [4.78, 5) is 0. The molecule has 3 nitrogen and oxygen atoms in total. The largest absolute Gasteiger partial charge is 0.391 e. The first kappa shape index (κ1) is 13.5. The quantitative estimate of drug-likeness (QED) is 0.842. The van der Waals surface area contributed by atoms with Gasteiger partial charge >= 0.3 is 0 Å². The highest BCUT2D eigenvalue weighted by molar-refractivity contribution is 5.60. The second-order valence-corrected chi connectivity index (χ2v) is 5.37. The number of nitrogens with zero attached hydrogens (tertiary/aromatic N) is 1. The molecule has 1 unspecified atom stereocenters. The third-order valence-electron chi connectivity index (χ3n) is 2.87. The molecule has 0 radical (unpaired) electrons. The number of rotatable bonds is 3. The van der Waals surface area contributed by atoms with E-state index in [2.05, 4.69) is 11.4 Å². The van der Waals surface area contributed by atoms with Gasteiger partial charge in [0.25, 0.3) is 0 Å². The molecule has 92 valence electrons. The van der Waals surface area contributed by atoms with E-state index in [-0.39, 0.29) is 5.41 Å². The van der Waals surface area contributed by atoms with Crippen LogP contribution in [0, 0.1) is 23.7 Å². The highest BCUT2D eigenvalue weighted by Crippen LogP contribution is 2.22. The molecule has 17 heavy (non-hydrogen) atoms. The predicted octanol–water partition coefficient (Wildman–Crippen LogP) is 2.69. The van der Waals surface area contributed by atoms with Crippen LogP contribution in [0.4, 0.5) is 5.69 Å². The Morgan fingerprint density at radius 2 is 2.06 bits per heavy atom. The first-order valence-corrected chi connectivity index (χ1v) is 5.78. The predicted molar refractivity (Wildman–Crippen MR) is 69.8 cm³/mol. The van der Waals surface area contributed by atoms with Crippen molar-refractivity contribution in [3.8, 4) is 6.07 Å². The van der Waals surface area contributed by atoms with E-state index in [0.29, 0.717) is 12.1 Å². The summed E-state index contributed by atoms with van der Waals surface area (Å²) >= 11 is 0. The monoisotopic (exact) mass is 232 g/mol. The number of hydrogen-bond acceptors (Lipinski definition) is 3. The van der Waals surface area contributed by atoms with Gasteiger partial charge in [-0.1, -0.05) is 32.9 Å². The van der Waals surface area contributed by atoms with Crippen LogP contribution in [0.5, 0.6) is 0 Å². The maximum Gasteiger partial charge on any atom is 0.102 e. The molecule has 0 fully saturated rings. The third-order valence-corrected chi connectivity index (χ3v) is 2.87. The standard InChI is InChI=1S/C14H20N2O/c1-10-6-5-7-12(11(10)8-15)16-9-13(17)14(2,3)4/h5-7,13,16-17H,9H2,1-4H3. The number of aliphatic hydroxyl groups excluding tert-OH is 1. The molecule has 0 aliphatic rings. The molecular formula is C14H20N2O.